The van der Waals surface area contributed by atoms with Crippen LogP contribution in [0.25, 0.3) is 0 Å². The number of methoxy groups -OCH3 is 1. The van der Waals surface area contributed by atoms with E-state index in [-0.39, 0.29) is 19.4 Å². The lowest BCUT2D eigenvalue weighted by molar-refractivity contribution is -0.0102. The van der Waals surface area contributed by atoms with E-state index in [9.17, 15) is 13.6 Å². The molecule has 0 aliphatic carbocycles. The van der Waals surface area contributed by atoms with Crippen LogP contribution in [0.5, 0.6) is 0 Å². The number of ether oxygens (including phenoxy) is 1. The van der Waals surface area contributed by atoms with Crippen LogP contribution in [0.1, 0.15) is 35.2 Å². The number of hydrogen-bond donors (Lipinski definition) is 1. The van der Waals surface area contributed by atoms with Gasteiger partial charge in [0.15, 0.2) is 0 Å². The molecule has 2 N–H and O–H groups in total. The SMILES string of the molecule is COC(=O)c1c(N2CCCC(F)(F)CC2)ccc(N)c1C. The molecule has 21 heavy (non-hydrogen) atoms. The van der Waals surface area contributed by atoms with Gasteiger partial charge in [0.1, 0.15) is 0 Å². The second kappa shape index (κ2) is 5.87. The molecule has 0 radical (unpaired) electrons. The molecule has 0 atom stereocenters. The van der Waals surface area contributed by atoms with E-state index in [1.165, 1.54) is 7.11 Å². The monoisotopic (exact) mass is 298 g/mol. The van der Waals surface area contributed by atoms with Gasteiger partial charge in [0.25, 0.3) is 0 Å². The van der Waals surface area contributed by atoms with Crippen LogP contribution in [0.4, 0.5) is 20.2 Å². The third-order valence-corrected chi connectivity index (χ3v) is 3.93. The minimum absolute atomic E-state index is 0.120. The van der Waals surface area contributed by atoms with Gasteiger partial charge in [0.05, 0.1) is 18.4 Å². The van der Waals surface area contributed by atoms with Crippen LogP contribution >= 0.6 is 0 Å². The van der Waals surface area contributed by atoms with Crippen LogP contribution in [0, 0.1) is 6.92 Å². The fourth-order valence-electron chi connectivity index (χ4n) is 2.64. The predicted octanol–water partition coefficient (Wildman–Crippen LogP) is 2.99. The Bertz CT molecular complexity index is 547. The number of hydrogen-bond acceptors (Lipinski definition) is 4. The van der Waals surface area contributed by atoms with Gasteiger partial charge in [-0.15, -0.1) is 0 Å². The molecule has 1 aromatic rings. The molecular weight excluding hydrogens is 278 g/mol. The molecule has 1 saturated heterocycles. The summed E-state index contributed by atoms with van der Waals surface area (Å²) in [6.45, 7) is 2.43. The Morgan fingerprint density at radius 1 is 1.33 bits per heavy atom. The Morgan fingerprint density at radius 3 is 2.71 bits per heavy atom. The molecule has 1 aliphatic rings. The van der Waals surface area contributed by atoms with Gasteiger partial charge in [-0.05, 0) is 31.0 Å². The summed E-state index contributed by atoms with van der Waals surface area (Å²) in [6, 6.07) is 3.40. The maximum absolute atomic E-state index is 13.5. The van der Waals surface area contributed by atoms with Crippen LogP contribution in [0.2, 0.25) is 0 Å². The van der Waals surface area contributed by atoms with Crippen molar-refractivity contribution in [2.75, 3.05) is 30.8 Å². The first-order chi connectivity index (χ1) is 9.85. The zero-order valence-corrected chi connectivity index (χ0v) is 12.3. The van der Waals surface area contributed by atoms with Crippen molar-refractivity contribution in [3.8, 4) is 0 Å². The smallest absolute Gasteiger partial charge is 0.340 e. The first-order valence-electron chi connectivity index (χ1n) is 6.96. The first kappa shape index (κ1) is 15.5. The highest BCUT2D eigenvalue weighted by molar-refractivity contribution is 5.99. The molecule has 2 rings (SSSR count). The normalized spacial score (nSPS) is 18.2. The van der Waals surface area contributed by atoms with E-state index in [1.54, 1.807) is 19.1 Å². The largest absolute Gasteiger partial charge is 0.465 e. The summed E-state index contributed by atoms with van der Waals surface area (Å²) in [4.78, 5) is 13.8. The Morgan fingerprint density at radius 2 is 2.05 bits per heavy atom. The van der Waals surface area contributed by atoms with Gasteiger partial charge >= 0.3 is 5.97 Å². The second-order valence-electron chi connectivity index (χ2n) is 5.36. The Hall–Kier alpha value is -1.85. The van der Waals surface area contributed by atoms with Crippen LogP contribution in [-0.4, -0.2) is 32.1 Å². The molecule has 1 aromatic carbocycles. The molecule has 0 unspecified atom stereocenters. The number of carbonyl (C=O) groups excluding carboxylic acids is 1. The van der Waals surface area contributed by atoms with Crippen molar-refractivity contribution in [3.63, 3.8) is 0 Å². The van der Waals surface area contributed by atoms with E-state index < -0.39 is 11.9 Å². The van der Waals surface area contributed by atoms with E-state index in [4.69, 9.17) is 10.5 Å². The highest BCUT2D eigenvalue weighted by Gasteiger charge is 2.33. The molecule has 116 valence electrons. The third-order valence-electron chi connectivity index (χ3n) is 3.93. The number of nitrogens with two attached hydrogens (primary N) is 1. The van der Waals surface area contributed by atoms with Crippen LogP contribution in [0.3, 0.4) is 0 Å². The van der Waals surface area contributed by atoms with Gasteiger partial charge in [-0.25, -0.2) is 13.6 Å². The van der Waals surface area contributed by atoms with E-state index >= 15 is 0 Å². The Kier molecular flexibility index (Phi) is 4.34. The summed E-state index contributed by atoms with van der Waals surface area (Å²) >= 11 is 0. The maximum Gasteiger partial charge on any atom is 0.340 e. The van der Waals surface area contributed by atoms with Crippen LogP contribution < -0.4 is 10.6 Å². The summed E-state index contributed by atoms with van der Waals surface area (Å²) in [5, 5.41) is 0. The third kappa shape index (κ3) is 3.25. The number of anilines is 2. The number of nitrogens with zero attached hydrogens (tertiary/aromatic N) is 1. The molecule has 0 amide bonds. The van der Waals surface area contributed by atoms with Crippen molar-refractivity contribution in [3.05, 3.63) is 23.3 Å². The van der Waals surface area contributed by atoms with Gasteiger partial charge in [0, 0.05) is 31.6 Å². The number of nitrogen functional groups attached to an aromatic ring is 1. The topological polar surface area (TPSA) is 55.6 Å². The van der Waals surface area contributed by atoms with Gasteiger partial charge in [0.2, 0.25) is 5.92 Å². The van der Waals surface area contributed by atoms with Crippen molar-refractivity contribution < 1.29 is 18.3 Å². The quantitative estimate of drug-likeness (QED) is 0.673. The molecule has 0 aromatic heterocycles. The number of benzene rings is 1. The standard InChI is InChI=1S/C15H20F2N2O2/c1-10-11(18)4-5-12(13(10)14(20)21-2)19-8-3-6-15(16,17)7-9-19/h4-5H,3,6-9,18H2,1-2H3. The number of rotatable bonds is 2. The first-order valence-corrected chi connectivity index (χ1v) is 6.96. The fourth-order valence-corrected chi connectivity index (χ4v) is 2.64. The molecule has 0 spiro atoms. The van der Waals surface area contributed by atoms with Crippen molar-refractivity contribution in [2.24, 2.45) is 0 Å². The van der Waals surface area contributed by atoms with Crippen LogP contribution in [0.15, 0.2) is 12.1 Å². The Labute approximate surface area is 122 Å². The molecule has 0 saturated carbocycles. The lowest BCUT2D eigenvalue weighted by Gasteiger charge is -2.26. The van der Waals surface area contributed by atoms with Gasteiger partial charge in [-0.1, -0.05) is 0 Å². The lowest BCUT2D eigenvalue weighted by atomic mass is 10.0. The Balaban J connectivity index is 2.39. The van der Waals surface area contributed by atoms with E-state index in [1.807, 2.05) is 4.90 Å². The van der Waals surface area contributed by atoms with E-state index in [2.05, 4.69) is 0 Å². The number of alkyl halides is 2. The minimum Gasteiger partial charge on any atom is -0.465 e. The van der Waals surface area contributed by atoms with Crippen molar-refractivity contribution in [2.45, 2.75) is 32.1 Å². The summed E-state index contributed by atoms with van der Waals surface area (Å²) in [5.41, 5.74) is 7.93. The minimum atomic E-state index is -2.64. The summed E-state index contributed by atoms with van der Waals surface area (Å²) in [5.74, 6) is -3.13. The predicted molar refractivity (Wildman–Crippen MR) is 77.9 cm³/mol. The van der Waals surface area contributed by atoms with Gasteiger partial charge < -0.3 is 15.4 Å². The highest BCUT2D eigenvalue weighted by Crippen LogP contribution is 2.33. The van der Waals surface area contributed by atoms with Crippen molar-refractivity contribution in [1.29, 1.82) is 0 Å². The molecule has 1 aliphatic heterocycles. The molecule has 1 fully saturated rings. The fraction of sp³-hybridized carbons (Fsp3) is 0.533. The molecule has 0 bridgehead atoms. The second-order valence-corrected chi connectivity index (χ2v) is 5.36. The summed E-state index contributed by atoms with van der Waals surface area (Å²) in [6.07, 6.45) is 0.0546. The van der Waals surface area contributed by atoms with Crippen molar-refractivity contribution in [1.82, 2.24) is 0 Å². The highest BCUT2D eigenvalue weighted by atomic mass is 19.3. The summed E-state index contributed by atoms with van der Waals surface area (Å²) in [7, 11) is 1.30. The summed E-state index contributed by atoms with van der Waals surface area (Å²) < 4.78 is 31.8. The average molecular weight is 298 g/mol. The zero-order chi connectivity index (χ0) is 15.6. The lowest BCUT2D eigenvalue weighted by Crippen LogP contribution is -2.28. The molecular formula is C15H20F2N2O2. The molecule has 6 heteroatoms. The van der Waals surface area contributed by atoms with E-state index in [0.717, 1.165) is 0 Å². The van der Waals surface area contributed by atoms with Crippen LogP contribution in [-0.2, 0) is 4.74 Å². The number of carbonyl (C=O) groups is 1. The van der Waals surface area contributed by atoms with Crippen molar-refractivity contribution >= 4 is 17.3 Å². The van der Waals surface area contributed by atoms with Gasteiger partial charge in [-0.3, -0.25) is 0 Å². The average Bonchev–Trinajstić information content (AvgIpc) is 2.62. The molecule has 4 nitrogen and oxygen atoms in total. The number of halogens is 2. The van der Waals surface area contributed by atoms with Gasteiger partial charge in [-0.2, -0.15) is 0 Å². The zero-order valence-electron chi connectivity index (χ0n) is 12.3. The molecule has 1 heterocycles. The van der Waals surface area contributed by atoms with E-state index in [0.29, 0.717) is 35.5 Å². The maximum atomic E-state index is 13.5. The number of esters is 1.